The van der Waals surface area contributed by atoms with Crippen molar-refractivity contribution in [2.75, 3.05) is 26.3 Å². The van der Waals surface area contributed by atoms with Gasteiger partial charge in [-0.15, -0.1) is 0 Å². The van der Waals surface area contributed by atoms with E-state index in [9.17, 15) is 19.3 Å². The lowest BCUT2D eigenvalue weighted by molar-refractivity contribution is -0.137. The molecule has 130 valence electrons. The lowest BCUT2D eigenvalue weighted by Gasteiger charge is -2.29. The van der Waals surface area contributed by atoms with Crippen molar-refractivity contribution >= 4 is 19.6 Å². The molecule has 0 heterocycles. The summed E-state index contributed by atoms with van der Waals surface area (Å²) in [7, 11) is -4.69. The molecule has 0 aliphatic rings. The van der Waals surface area contributed by atoms with Gasteiger partial charge in [-0.3, -0.25) is 14.1 Å². The minimum Gasteiger partial charge on any atom is -0.395 e. The third kappa shape index (κ3) is 9.08. The molecule has 2 amide bonds. The fourth-order valence-corrected chi connectivity index (χ4v) is 1.86. The van der Waals surface area contributed by atoms with E-state index in [0.717, 1.165) is 0 Å². The highest BCUT2D eigenvalue weighted by Gasteiger charge is 2.35. The van der Waals surface area contributed by atoms with Crippen molar-refractivity contribution in [3.05, 3.63) is 0 Å². The molecule has 10 nitrogen and oxygen atoms in total. The van der Waals surface area contributed by atoms with Gasteiger partial charge in [0.1, 0.15) is 6.10 Å². The SMILES string of the molecule is CC(C)(COP(=O)(O)O)C(O)C(=O)NCCC(=O)NCCO. The number of aliphatic hydroxyl groups excluding tert-OH is 2. The molecule has 0 aromatic rings. The molecule has 0 radical (unpaired) electrons. The van der Waals surface area contributed by atoms with Gasteiger partial charge in [0.05, 0.1) is 13.2 Å². The summed E-state index contributed by atoms with van der Waals surface area (Å²) in [5.41, 5.74) is -1.23. The molecule has 0 aromatic heterocycles. The topological polar surface area (TPSA) is 165 Å². The predicted octanol–water partition coefficient (Wildman–Crippen LogP) is -1.90. The number of hydrogen-bond acceptors (Lipinski definition) is 6. The van der Waals surface area contributed by atoms with Crippen LogP contribution in [0.4, 0.5) is 0 Å². The van der Waals surface area contributed by atoms with Gasteiger partial charge in [0.25, 0.3) is 0 Å². The molecule has 0 aliphatic heterocycles. The maximum atomic E-state index is 11.7. The van der Waals surface area contributed by atoms with Crippen LogP contribution >= 0.6 is 7.82 Å². The molecule has 0 fully saturated rings. The third-order valence-electron chi connectivity index (χ3n) is 2.68. The Bertz CT molecular complexity index is 422. The number of carbonyl (C=O) groups is 2. The Balaban J connectivity index is 4.24. The van der Waals surface area contributed by atoms with Crippen molar-refractivity contribution in [2.45, 2.75) is 26.4 Å². The van der Waals surface area contributed by atoms with E-state index in [0.29, 0.717) is 0 Å². The fraction of sp³-hybridized carbons (Fsp3) is 0.818. The quantitative estimate of drug-likeness (QED) is 0.250. The second-order valence-corrected chi connectivity index (χ2v) is 6.51. The van der Waals surface area contributed by atoms with E-state index in [4.69, 9.17) is 14.9 Å². The normalized spacial score (nSPS) is 13.5. The monoisotopic (exact) mass is 342 g/mol. The van der Waals surface area contributed by atoms with E-state index in [1.165, 1.54) is 13.8 Å². The van der Waals surface area contributed by atoms with Gasteiger partial charge in [-0.2, -0.15) is 0 Å². The number of hydrogen-bond donors (Lipinski definition) is 6. The van der Waals surface area contributed by atoms with E-state index < -0.39 is 31.9 Å². The Morgan fingerprint density at radius 2 is 1.82 bits per heavy atom. The fourth-order valence-electron chi connectivity index (χ4n) is 1.36. The van der Waals surface area contributed by atoms with Crippen LogP contribution in [0.1, 0.15) is 20.3 Å². The first-order chi connectivity index (χ1) is 9.99. The largest absolute Gasteiger partial charge is 0.469 e. The van der Waals surface area contributed by atoms with Crippen molar-refractivity contribution in [1.29, 1.82) is 0 Å². The zero-order valence-corrected chi connectivity index (χ0v) is 13.4. The predicted molar refractivity (Wildman–Crippen MR) is 75.5 cm³/mol. The lowest BCUT2D eigenvalue weighted by Crippen LogP contribution is -2.46. The molecule has 0 saturated heterocycles. The van der Waals surface area contributed by atoms with Gasteiger partial charge in [0, 0.05) is 24.9 Å². The van der Waals surface area contributed by atoms with Crippen LogP contribution in [-0.4, -0.2) is 64.2 Å². The van der Waals surface area contributed by atoms with Crippen molar-refractivity contribution in [1.82, 2.24) is 10.6 Å². The molecular formula is C11H23N2O8P. The third-order valence-corrected chi connectivity index (χ3v) is 3.14. The van der Waals surface area contributed by atoms with Gasteiger partial charge in [0.2, 0.25) is 11.8 Å². The molecule has 11 heteroatoms. The molecule has 0 spiro atoms. The molecule has 0 bridgehead atoms. The summed E-state index contributed by atoms with van der Waals surface area (Å²) >= 11 is 0. The van der Waals surface area contributed by atoms with E-state index in [1.54, 1.807) is 0 Å². The Labute approximate surface area is 128 Å². The minimum atomic E-state index is -4.69. The summed E-state index contributed by atoms with van der Waals surface area (Å²) in [6.45, 7) is 2.18. The van der Waals surface area contributed by atoms with Crippen LogP contribution in [0.2, 0.25) is 0 Å². The van der Waals surface area contributed by atoms with Crippen LogP contribution < -0.4 is 10.6 Å². The molecule has 1 unspecified atom stereocenters. The van der Waals surface area contributed by atoms with Gasteiger partial charge in [-0.25, -0.2) is 4.57 Å². The molecule has 0 rings (SSSR count). The molecular weight excluding hydrogens is 319 g/mol. The second-order valence-electron chi connectivity index (χ2n) is 5.27. The van der Waals surface area contributed by atoms with Crippen LogP contribution in [0.15, 0.2) is 0 Å². The number of phosphoric acid groups is 1. The van der Waals surface area contributed by atoms with Gasteiger partial charge in [0.15, 0.2) is 0 Å². The van der Waals surface area contributed by atoms with Crippen LogP contribution in [0.5, 0.6) is 0 Å². The Kier molecular flexibility index (Phi) is 8.76. The first-order valence-electron chi connectivity index (χ1n) is 6.53. The summed E-state index contributed by atoms with van der Waals surface area (Å²) in [6, 6.07) is 0. The molecule has 1 atom stereocenters. The molecule has 0 saturated carbocycles. The Morgan fingerprint density at radius 1 is 1.23 bits per heavy atom. The van der Waals surface area contributed by atoms with Crippen LogP contribution in [-0.2, 0) is 18.7 Å². The average Bonchev–Trinajstić information content (AvgIpc) is 2.41. The number of nitrogens with one attached hydrogen (secondary N) is 2. The summed E-state index contributed by atoms with van der Waals surface area (Å²) in [5, 5.41) is 23.1. The Hall–Kier alpha value is -1.03. The van der Waals surface area contributed by atoms with Crippen molar-refractivity contribution in [3.63, 3.8) is 0 Å². The number of phosphoric ester groups is 1. The minimum absolute atomic E-state index is 0.0252. The molecule has 0 aliphatic carbocycles. The lowest BCUT2D eigenvalue weighted by atomic mass is 9.87. The van der Waals surface area contributed by atoms with E-state index in [2.05, 4.69) is 15.2 Å². The average molecular weight is 342 g/mol. The molecule has 0 aromatic carbocycles. The van der Waals surface area contributed by atoms with Crippen LogP contribution in [0, 0.1) is 5.41 Å². The smallest absolute Gasteiger partial charge is 0.395 e. The summed E-state index contributed by atoms with van der Waals surface area (Å²) in [5.74, 6) is -1.15. The van der Waals surface area contributed by atoms with E-state index in [1.807, 2.05) is 0 Å². The first-order valence-corrected chi connectivity index (χ1v) is 8.06. The zero-order valence-electron chi connectivity index (χ0n) is 12.5. The standard InChI is InChI=1S/C11H23N2O8P/c1-11(2,7-21-22(18,19)20)9(16)10(17)13-4-3-8(15)12-5-6-14/h9,14,16H,3-7H2,1-2H3,(H,12,15)(H,13,17)(H2,18,19,20). The van der Waals surface area contributed by atoms with Crippen LogP contribution in [0.25, 0.3) is 0 Å². The van der Waals surface area contributed by atoms with Crippen molar-refractivity contribution < 1.29 is 38.7 Å². The maximum absolute atomic E-state index is 11.7. The number of rotatable bonds is 10. The van der Waals surface area contributed by atoms with Gasteiger partial charge in [-0.1, -0.05) is 13.8 Å². The highest BCUT2D eigenvalue weighted by molar-refractivity contribution is 7.46. The molecule has 22 heavy (non-hydrogen) atoms. The number of aliphatic hydroxyl groups is 2. The summed E-state index contributed by atoms with van der Waals surface area (Å²) in [6.07, 6.45) is -1.60. The Morgan fingerprint density at radius 3 is 2.32 bits per heavy atom. The number of carbonyl (C=O) groups excluding carboxylic acids is 2. The van der Waals surface area contributed by atoms with Crippen molar-refractivity contribution in [2.24, 2.45) is 5.41 Å². The van der Waals surface area contributed by atoms with E-state index in [-0.39, 0.29) is 32.0 Å². The summed E-state index contributed by atoms with van der Waals surface area (Å²) in [4.78, 5) is 40.2. The summed E-state index contributed by atoms with van der Waals surface area (Å²) < 4.78 is 14.9. The van der Waals surface area contributed by atoms with Gasteiger partial charge < -0.3 is 30.6 Å². The highest BCUT2D eigenvalue weighted by Crippen LogP contribution is 2.38. The molecule has 6 N–H and O–H groups in total. The van der Waals surface area contributed by atoms with Crippen molar-refractivity contribution in [3.8, 4) is 0 Å². The van der Waals surface area contributed by atoms with Gasteiger partial charge >= 0.3 is 7.82 Å². The van der Waals surface area contributed by atoms with E-state index >= 15 is 0 Å². The zero-order chi connectivity index (χ0) is 17.4. The first kappa shape index (κ1) is 21.0. The van der Waals surface area contributed by atoms with Gasteiger partial charge in [-0.05, 0) is 0 Å². The highest BCUT2D eigenvalue weighted by atomic mass is 31.2. The maximum Gasteiger partial charge on any atom is 0.469 e. The van der Waals surface area contributed by atoms with Crippen LogP contribution in [0.3, 0.4) is 0 Å². The number of amides is 2. The second kappa shape index (κ2) is 9.19.